The number of anilines is 1. The number of nitrogens with one attached hydrogen (secondary N) is 2. The molecule has 0 bridgehead atoms. The zero-order valence-electron chi connectivity index (χ0n) is 13.7. The molecule has 126 valence electrons. The van der Waals surface area contributed by atoms with Crippen molar-refractivity contribution in [2.24, 2.45) is 0 Å². The van der Waals surface area contributed by atoms with Crippen LogP contribution in [-0.2, 0) is 4.79 Å². The van der Waals surface area contributed by atoms with Gasteiger partial charge in [0, 0.05) is 18.3 Å². The summed E-state index contributed by atoms with van der Waals surface area (Å²) < 4.78 is 10.5. The smallest absolute Gasteiger partial charge is 0.262 e. The van der Waals surface area contributed by atoms with Gasteiger partial charge in [0.25, 0.3) is 5.91 Å². The molecular weight excluding hydrogens is 308 g/mol. The maximum absolute atomic E-state index is 11.8. The van der Waals surface area contributed by atoms with Crippen LogP contribution in [0.2, 0.25) is 0 Å². The minimum Gasteiger partial charge on any atom is -0.494 e. The van der Waals surface area contributed by atoms with Crippen molar-refractivity contribution in [3.8, 4) is 11.6 Å². The van der Waals surface area contributed by atoms with E-state index in [-0.39, 0.29) is 11.9 Å². The maximum atomic E-state index is 11.8. The molecule has 0 aliphatic rings. The average molecular weight is 328 g/mol. The lowest BCUT2D eigenvalue weighted by molar-refractivity contribution is -0.116. The molecule has 0 unspecified atom stereocenters. The van der Waals surface area contributed by atoms with E-state index in [2.05, 4.69) is 27.7 Å². The number of amides is 1. The molecule has 0 saturated heterocycles. The molecule has 1 amide bonds. The lowest BCUT2D eigenvalue weighted by atomic mass is 10.2. The van der Waals surface area contributed by atoms with Gasteiger partial charge in [0.05, 0.1) is 13.7 Å². The number of nitrogens with zero attached hydrogens (tertiary/aromatic N) is 2. The Balaban J connectivity index is 1.83. The Morgan fingerprint density at radius 1 is 1.25 bits per heavy atom. The molecular formula is C17H20N4O3. The number of benzene rings is 1. The lowest BCUT2D eigenvalue weighted by Gasteiger charge is -2.06. The van der Waals surface area contributed by atoms with Crippen molar-refractivity contribution in [3.05, 3.63) is 48.2 Å². The zero-order valence-corrected chi connectivity index (χ0v) is 13.7. The monoisotopic (exact) mass is 328 g/mol. The summed E-state index contributed by atoms with van der Waals surface area (Å²) in [5.74, 6) is 1.14. The minimum absolute atomic E-state index is 0.244. The molecule has 2 rings (SSSR count). The average Bonchev–Trinajstić information content (AvgIpc) is 2.64. The van der Waals surface area contributed by atoms with Gasteiger partial charge in [-0.1, -0.05) is 19.1 Å². The van der Waals surface area contributed by atoms with Crippen LogP contribution in [0, 0.1) is 0 Å². The van der Waals surface area contributed by atoms with Crippen LogP contribution in [0.3, 0.4) is 0 Å². The fourth-order valence-electron chi connectivity index (χ4n) is 1.74. The SMILES string of the molecule is CCCOc1ccc(/C=C/C(=O)NNc2nccc(OC)n2)cc1. The fraction of sp³-hybridized carbons (Fsp3) is 0.235. The Morgan fingerprint density at radius 2 is 2.04 bits per heavy atom. The Labute approximate surface area is 140 Å². The molecule has 7 heteroatoms. The van der Waals surface area contributed by atoms with Gasteiger partial charge >= 0.3 is 0 Å². The molecule has 1 aromatic heterocycles. The van der Waals surface area contributed by atoms with E-state index in [1.54, 1.807) is 12.1 Å². The van der Waals surface area contributed by atoms with Gasteiger partial charge in [-0.2, -0.15) is 4.98 Å². The Morgan fingerprint density at radius 3 is 2.75 bits per heavy atom. The summed E-state index contributed by atoms with van der Waals surface area (Å²) in [5, 5.41) is 0. The quantitative estimate of drug-likeness (QED) is 0.572. The van der Waals surface area contributed by atoms with Crippen molar-refractivity contribution in [3.63, 3.8) is 0 Å². The highest BCUT2D eigenvalue weighted by atomic mass is 16.5. The van der Waals surface area contributed by atoms with Gasteiger partial charge in [0.2, 0.25) is 11.8 Å². The molecule has 1 heterocycles. The zero-order chi connectivity index (χ0) is 17.2. The Hall–Kier alpha value is -3.09. The third-order valence-electron chi connectivity index (χ3n) is 2.92. The molecule has 0 radical (unpaired) electrons. The van der Waals surface area contributed by atoms with Crippen LogP contribution in [0.5, 0.6) is 11.6 Å². The molecule has 1 aromatic carbocycles. The Bertz CT molecular complexity index is 686. The topological polar surface area (TPSA) is 85.4 Å². The first kappa shape index (κ1) is 17.3. The van der Waals surface area contributed by atoms with Crippen LogP contribution in [0.4, 0.5) is 5.95 Å². The van der Waals surface area contributed by atoms with Gasteiger partial charge in [-0.15, -0.1) is 0 Å². The van der Waals surface area contributed by atoms with E-state index in [4.69, 9.17) is 9.47 Å². The molecule has 0 atom stereocenters. The molecule has 0 fully saturated rings. The Kier molecular flexibility index (Phi) is 6.58. The standard InChI is InChI=1S/C17H20N4O3/c1-3-12-24-14-7-4-13(5-8-14)6-9-15(22)20-21-17-18-11-10-16(19-17)23-2/h4-11H,3,12H2,1-2H3,(H,20,22)(H,18,19,21)/b9-6+. The summed E-state index contributed by atoms with van der Waals surface area (Å²) in [7, 11) is 1.51. The van der Waals surface area contributed by atoms with Crippen LogP contribution in [0.15, 0.2) is 42.6 Å². The third-order valence-corrected chi connectivity index (χ3v) is 2.92. The number of aromatic nitrogens is 2. The van der Waals surface area contributed by atoms with Crippen molar-refractivity contribution in [1.29, 1.82) is 0 Å². The molecule has 0 spiro atoms. The number of carbonyl (C=O) groups excluding carboxylic acids is 1. The van der Waals surface area contributed by atoms with Crippen LogP contribution >= 0.6 is 0 Å². The number of carbonyl (C=O) groups is 1. The van der Waals surface area contributed by atoms with Crippen molar-refractivity contribution in [1.82, 2.24) is 15.4 Å². The van der Waals surface area contributed by atoms with Gasteiger partial charge in [0.1, 0.15) is 5.75 Å². The van der Waals surface area contributed by atoms with Crippen molar-refractivity contribution in [2.45, 2.75) is 13.3 Å². The van der Waals surface area contributed by atoms with Gasteiger partial charge < -0.3 is 9.47 Å². The van der Waals surface area contributed by atoms with E-state index in [0.717, 1.165) is 17.7 Å². The van der Waals surface area contributed by atoms with Gasteiger partial charge in [0.15, 0.2) is 0 Å². The van der Waals surface area contributed by atoms with Crippen LogP contribution in [0.1, 0.15) is 18.9 Å². The predicted molar refractivity (Wildman–Crippen MR) is 91.6 cm³/mol. The second kappa shape index (κ2) is 9.14. The van der Waals surface area contributed by atoms with E-state index in [9.17, 15) is 4.79 Å². The number of methoxy groups -OCH3 is 1. The molecule has 0 aliphatic carbocycles. The van der Waals surface area contributed by atoms with Gasteiger partial charge in [-0.3, -0.25) is 15.6 Å². The van der Waals surface area contributed by atoms with Crippen molar-refractivity contribution >= 4 is 17.9 Å². The molecule has 2 N–H and O–H groups in total. The highest BCUT2D eigenvalue weighted by Gasteiger charge is 2.00. The molecule has 2 aromatic rings. The van der Waals surface area contributed by atoms with Crippen molar-refractivity contribution in [2.75, 3.05) is 19.1 Å². The van der Waals surface area contributed by atoms with E-state index in [0.29, 0.717) is 12.5 Å². The van der Waals surface area contributed by atoms with E-state index in [1.807, 2.05) is 24.3 Å². The molecule has 0 saturated carbocycles. The number of hydrogen-bond acceptors (Lipinski definition) is 6. The highest BCUT2D eigenvalue weighted by molar-refractivity contribution is 5.92. The molecule has 7 nitrogen and oxygen atoms in total. The summed E-state index contributed by atoms with van der Waals surface area (Å²) in [4.78, 5) is 19.8. The summed E-state index contributed by atoms with van der Waals surface area (Å²) in [5.41, 5.74) is 5.99. The molecule has 0 aliphatic heterocycles. The largest absolute Gasteiger partial charge is 0.494 e. The van der Waals surface area contributed by atoms with Crippen molar-refractivity contribution < 1.29 is 14.3 Å². The maximum Gasteiger partial charge on any atom is 0.262 e. The van der Waals surface area contributed by atoms with E-state index < -0.39 is 0 Å². The number of ether oxygens (including phenoxy) is 2. The normalized spacial score (nSPS) is 10.4. The van der Waals surface area contributed by atoms with Gasteiger partial charge in [-0.05, 0) is 30.2 Å². The lowest BCUT2D eigenvalue weighted by Crippen LogP contribution is -2.28. The highest BCUT2D eigenvalue weighted by Crippen LogP contribution is 2.13. The summed E-state index contributed by atoms with van der Waals surface area (Å²) in [6, 6.07) is 9.12. The summed E-state index contributed by atoms with van der Waals surface area (Å²) in [6.45, 7) is 2.75. The van der Waals surface area contributed by atoms with Crippen LogP contribution < -0.4 is 20.3 Å². The first-order valence-electron chi connectivity index (χ1n) is 7.55. The number of rotatable bonds is 8. The van der Waals surface area contributed by atoms with Gasteiger partial charge in [-0.25, -0.2) is 4.98 Å². The van der Waals surface area contributed by atoms with Crippen LogP contribution in [-0.4, -0.2) is 29.6 Å². The summed E-state index contributed by atoms with van der Waals surface area (Å²) in [6.07, 6.45) is 5.60. The second-order valence-corrected chi connectivity index (χ2v) is 4.79. The first-order chi connectivity index (χ1) is 11.7. The number of hydrazine groups is 1. The molecule has 24 heavy (non-hydrogen) atoms. The first-order valence-corrected chi connectivity index (χ1v) is 7.55. The predicted octanol–water partition coefficient (Wildman–Crippen LogP) is 2.43. The van der Waals surface area contributed by atoms with E-state index >= 15 is 0 Å². The minimum atomic E-state index is -0.326. The third kappa shape index (κ3) is 5.60. The van der Waals surface area contributed by atoms with E-state index in [1.165, 1.54) is 19.4 Å². The number of hydrogen-bond donors (Lipinski definition) is 2. The van der Waals surface area contributed by atoms with Crippen LogP contribution in [0.25, 0.3) is 6.08 Å². The fourth-order valence-corrected chi connectivity index (χ4v) is 1.74. The summed E-state index contributed by atoms with van der Waals surface area (Å²) >= 11 is 0. The second-order valence-electron chi connectivity index (χ2n) is 4.79.